The standard InChI is InChI=1S/C20H20N4O3/c1-13-9-14(2)22-19(16(13)11-21)23-5-7-24(8-6-23)20(25)15-3-4-17-18(10-15)27-12-26-17/h3-4,9-10H,5-8,12H2,1-2H3. The monoisotopic (exact) mass is 364 g/mol. The van der Waals surface area contributed by atoms with E-state index in [1.807, 2.05) is 24.8 Å². The Kier molecular flexibility index (Phi) is 4.32. The minimum atomic E-state index is -0.0261. The fraction of sp³-hybridized carbons (Fsp3) is 0.350. The lowest BCUT2D eigenvalue weighted by Gasteiger charge is -2.36. The van der Waals surface area contributed by atoms with E-state index in [1.54, 1.807) is 18.2 Å². The summed E-state index contributed by atoms with van der Waals surface area (Å²) < 4.78 is 10.7. The van der Waals surface area contributed by atoms with Crippen molar-refractivity contribution in [1.29, 1.82) is 5.26 Å². The Bertz CT molecular complexity index is 943. The Morgan fingerprint density at radius 2 is 1.85 bits per heavy atom. The zero-order valence-corrected chi connectivity index (χ0v) is 15.4. The van der Waals surface area contributed by atoms with E-state index in [9.17, 15) is 10.1 Å². The maximum absolute atomic E-state index is 12.8. The molecule has 0 saturated carbocycles. The van der Waals surface area contributed by atoms with Gasteiger partial charge in [0, 0.05) is 37.4 Å². The highest BCUT2D eigenvalue weighted by Gasteiger charge is 2.26. The van der Waals surface area contributed by atoms with Gasteiger partial charge in [-0.05, 0) is 43.7 Å². The van der Waals surface area contributed by atoms with Crippen molar-refractivity contribution in [3.8, 4) is 17.6 Å². The second kappa shape index (κ2) is 6.80. The highest BCUT2D eigenvalue weighted by atomic mass is 16.7. The smallest absolute Gasteiger partial charge is 0.254 e. The number of hydrogen-bond donors (Lipinski definition) is 0. The van der Waals surface area contributed by atoms with Crippen LogP contribution in [-0.2, 0) is 0 Å². The first kappa shape index (κ1) is 17.2. The molecule has 0 radical (unpaired) electrons. The number of aromatic nitrogens is 1. The van der Waals surface area contributed by atoms with E-state index >= 15 is 0 Å². The molecule has 1 aromatic heterocycles. The van der Waals surface area contributed by atoms with Gasteiger partial charge in [0.1, 0.15) is 11.9 Å². The molecule has 1 aromatic carbocycles. The zero-order valence-electron chi connectivity index (χ0n) is 15.4. The van der Waals surface area contributed by atoms with Crippen molar-refractivity contribution < 1.29 is 14.3 Å². The first-order chi connectivity index (χ1) is 13.1. The van der Waals surface area contributed by atoms with Crippen molar-refractivity contribution in [2.45, 2.75) is 13.8 Å². The molecule has 138 valence electrons. The number of nitriles is 1. The number of carbonyl (C=O) groups is 1. The van der Waals surface area contributed by atoms with E-state index in [0.29, 0.717) is 54.6 Å². The highest BCUT2D eigenvalue weighted by Crippen LogP contribution is 2.33. The summed E-state index contributed by atoms with van der Waals surface area (Å²) in [5.41, 5.74) is 3.02. The van der Waals surface area contributed by atoms with E-state index in [2.05, 4.69) is 16.0 Å². The van der Waals surface area contributed by atoms with Gasteiger partial charge < -0.3 is 19.3 Å². The fourth-order valence-corrected chi connectivity index (χ4v) is 3.52. The molecule has 2 aromatic rings. The van der Waals surface area contributed by atoms with Crippen LogP contribution in [0.4, 0.5) is 5.82 Å². The summed E-state index contributed by atoms with van der Waals surface area (Å²) in [6.45, 7) is 6.48. The molecule has 1 amide bonds. The Hall–Kier alpha value is -3.27. The molecule has 4 rings (SSSR count). The van der Waals surface area contributed by atoms with E-state index in [4.69, 9.17) is 9.47 Å². The molecular formula is C20H20N4O3. The van der Waals surface area contributed by atoms with Crippen molar-refractivity contribution in [1.82, 2.24) is 9.88 Å². The third-order valence-corrected chi connectivity index (χ3v) is 4.92. The number of hydrogen-bond acceptors (Lipinski definition) is 6. The van der Waals surface area contributed by atoms with Crippen molar-refractivity contribution in [3.05, 3.63) is 46.6 Å². The first-order valence-electron chi connectivity index (χ1n) is 8.89. The number of fused-ring (bicyclic) bond motifs is 1. The Morgan fingerprint density at radius 1 is 1.11 bits per heavy atom. The van der Waals surface area contributed by atoms with Gasteiger partial charge in [-0.25, -0.2) is 4.98 Å². The number of piperazine rings is 1. The first-order valence-corrected chi connectivity index (χ1v) is 8.89. The SMILES string of the molecule is Cc1cc(C)c(C#N)c(N2CCN(C(=O)c3ccc4c(c3)OCO4)CC2)n1. The van der Waals surface area contributed by atoms with Crippen LogP contribution >= 0.6 is 0 Å². The van der Waals surface area contributed by atoms with Gasteiger partial charge >= 0.3 is 0 Å². The largest absolute Gasteiger partial charge is 0.454 e. The average Bonchev–Trinajstić information content (AvgIpc) is 3.15. The van der Waals surface area contributed by atoms with Crippen LogP contribution in [0.5, 0.6) is 11.5 Å². The number of benzene rings is 1. The summed E-state index contributed by atoms with van der Waals surface area (Å²) in [5, 5.41) is 9.48. The molecule has 0 aliphatic carbocycles. The fourth-order valence-electron chi connectivity index (χ4n) is 3.52. The number of aryl methyl sites for hydroxylation is 2. The van der Waals surface area contributed by atoms with Gasteiger partial charge in [-0.3, -0.25) is 4.79 Å². The maximum atomic E-state index is 12.8. The number of rotatable bonds is 2. The molecule has 1 saturated heterocycles. The van der Waals surface area contributed by atoms with Crippen molar-refractivity contribution in [3.63, 3.8) is 0 Å². The van der Waals surface area contributed by atoms with E-state index in [0.717, 1.165) is 11.3 Å². The van der Waals surface area contributed by atoms with Gasteiger partial charge in [-0.1, -0.05) is 0 Å². The van der Waals surface area contributed by atoms with Gasteiger partial charge in [0.05, 0.1) is 5.56 Å². The van der Waals surface area contributed by atoms with Crippen molar-refractivity contribution in [2.75, 3.05) is 37.9 Å². The molecule has 7 nitrogen and oxygen atoms in total. The molecule has 0 unspecified atom stereocenters. The topological polar surface area (TPSA) is 78.7 Å². The second-order valence-electron chi connectivity index (χ2n) is 6.74. The molecule has 7 heteroatoms. The van der Waals surface area contributed by atoms with Gasteiger partial charge in [0.15, 0.2) is 11.5 Å². The van der Waals surface area contributed by atoms with Crippen LogP contribution in [0.15, 0.2) is 24.3 Å². The van der Waals surface area contributed by atoms with Crippen molar-refractivity contribution in [2.24, 2.45) is 0 Å². The van der Waals surface area contributed by atoms with Crippen LogP contribution in [-0.4, -0.2) is 48.8 Å². The molecule has 0 atom stereocenters. The molecule has 0 N–H and O–H groups in total. The van der Waals surface area contributed by atoms with Crippen LogP contribution in [0.25, 0.3) is 0 Å². The molecule has 0 bridgehead atoms. The summed E-state index contributed by atoms with van der Waals surface area (Å²) >= 11 is 0. The molecule has 2 aliphatic heterocycles. The van der Waals surface area contributed by atoms with E-state index < -0.39 is 0 Å². The molecule has 1 fully saturated rings. The minimum Gasteiger partial charge on any atom is -0.454 e. The van der Waals surface area contributed by atoms with Crippen molar-refractivity contribution >= 4 is 11.7 Å². The van der Waals surface area contributed by atoms with E-state index in [1.165, 1.54) is 0 Å². The summed E-state index contributed by atoms with van der Waals surface area (Å²) in [6, 6.07) is 9.45. The molecule has 0 spiro atoms. The number of amides is 1. The third kappa shape index (κ3) is 3.14. The molecule has 27 heavy (non-hydrogen) atoms. The average molecular weight is 364 g/mol. The third-order valence-electron chi connectivity index (χ3n) is 4.92. The van der Waals surface area contributed by atoms with Gasteiger partial charge in [-0.2, -0.15) is 5.26 Å². The Labute approximate surface area is 157 Å². The van der Waals surface area contributed by atoms with Gasteiger partial charge in [0.25, 0.3) is 5.91 Å². The highest BCUT2D eigenvalue weighted by molar-refractivity contribution is 5.95. The zero-order chi connectivity index (χ0) is 19.0. The Balaban J connectivity index is 1.48. The quantitative estimate of drug-likeness (QED) is 0.813. The lowest BCUT2D eigenvalue weighted by atomic mass is 10.1. The summed E-state index contributed by atoms with van der Waals surface area (Å²) in [7, 11) is 0. The normalized spacial score (nSPS) is 15.6. The Morgan fingerprint density at radius 3 is 2.59 bits per heavy atom. The predicted octanol–water partition coefficient (Wildman–Crippen LogP) is 2.26. The summed E-state index contributed by atoms with van der Waals surface area (Å²) in [5.74, 6) is 1.96. The summed E-state index contributed by atoms with van der Waals surface area (Å²) in [4.78, 5) is 21.3. The summed E-state index contributed by atoms with van der Waals surface area (Å²) in [6.07, 6.45) is 0. The van der Waals surface area contributed by atoms with E-state index in [-0.39, 0.29) is 12.7 Å². The van der Waals surface area contributed by atoms with Crippen LogP contribution in [0.2, 0.25) is 0 Å². The molecular weight excluding hydrogens is 344 g/mol. The van der Waals surface area contributed by atoms with Crippen LogP contribution < -0.4 is 14.4 Å². The maximum Gasteiger partial charge on any atom is 0.254 e. The lowest BCUT2D eigenvalue weighted by molar-refractivity contribution is 0.0746. The van der Waals surface area contributed by atoms with Gasteiger partial charge in [0.2, 0.25) is 6.79 Å². The number of nitrogens with zero attached hydrogens (tertiary/aromatic N) is 4. The van der Waals surface area contributed by atoms with Crippen LogP contribution in [0.3, 0.4) is 0 Å². The van der Waals surface area contributed by atoms with Crippen LogP contribution in [0.1, 0.15) is 27.2 Å². The minimum absolute atomic E-state index is 0.0261. The number of carbonyl (C=O) groups excluding carboxylic acids is 1. The predicted molar refractivity (Wildman–Crippen MR) is 99.1 cm³/mol. The number of ether oxygens (including phenoxy) is 2. The van der Waals surface area contributed by atoms with Gasteiger partial charge in [-0.15, -0.1) is 0 Å². The number of anilines is 1. The second-order valence-corrected chi connectivity index (χ2v) is 6.74. The molecule has 3 heterocycles. The lowest BCUT2D eigenvalue weighted by Crippen LogP contribution is -2.49. The van der Waals surface area contributed by atoms with Crippen LogP contribution in [0, 0.1) is 25.2 Å². The number of pyridine rings is 1. The molecule has 2 aliphatic rings.